The third kappa shape index (κ3) is 6.63. The number of nitrogens with one attached hydrogen (secondary N) is 1. The summed E-state index contributed by atoms with van der Waals surface area (Å²) in [6.45, 7) is 5.20. The highest BCUT2D eigenvalue weighted by Gasteiger charge is 2.09. The number of thiazole rings is 1. The van der Waals surface area contributed by atoms with E-state index >= 15 is 0 Å². The van der Waals surface area contributed by atoms with E-state index in [1.807, 2.05) is 5.38 Å². The van der Waals surface area contributed by atoms with Crippen LogP contribution >= 0.6 is 11.3 Å². The molecule has 0 aliphatic carbocycles. The van der Waals surface area contributed by atoms with E-state index in [0.29, 0.717) is 18.3 Å². The van der Waals surface area contributed by atoms with Gasteiger partial charge in [0.15, 0.2) is 5.13 Å². The van der Waals surface area contributed by atoms with E-state index in [1.165, 1.54) is 18.3 Å². The number of anilines is 1. The smallest absolute Gasteiger partial charge is 0.223 e. The highest BCUT2D eigenvalue weighted by atomic mass is 32.1. The summed E-state index contributed by atoms with van der Waals surface area (Å²) in [6.07, 6.45) is 0. The Morgan fingerprint density at radius 2 is 2.00 bits per heavy atom. The number of nitrogens with zero attached hydrogens (tertiary/aromatic N) is 2. The molecule has 0 aromatic carbocycles. The van der Waals surface area contributed by atoms with Crippen LogP contribution in [0.1, 0.15) is 12.6 Å². The molecule has 108 valence electrons. The molecule has 1 aromatic heterocycles. The highest BCUT2D eigenvalue weighted by Crippen LogP contribution is 2.16. The molecular weight excluding hydrogens is 266 g/mol. The topological polar surface area (TPSA) is 63.7 Å². The van der Waals surface area contributed by atoms with Gasteiger partial charge in [-0.2, -0.15) is 0 Å². The summed E-state index contributed by atoms with van der Waals surface area (Å²) in [5.41, 5.74) is 0.945. The average Bonchev–Trinajstić information content (AvgIpc) is 2.79. The van der Waals surface area contributed by atoms with Crippen LogP contribution in [0.2, 0.25) is 0 Å². The number of methoxy groups -OCH3 is 2. The molecule has 0 bridgehead atoms. The number of amides is 1. The van der Waals surface area contributed by atoms with Gasteiger partial charge in [0, 0.05) is 46.2 Å². The van der Waals surface area contributed by atoms with Crippen LogP contribution in [0.3, 0.4) is 0 Å². The molecule has 0 aliphatic heterocycles. The molecule has 19 heavy (non-hydrogen) atoms. The molecule has 0 radical (unpaired) electrons. The molecular formula is C12H21N3O3S. The number of aromatic nitrogens is 1. The van der Waals surface area contributed by atoms with E-state index in [4.69, 9.17) is 9.47 Å². The monoisotopic (exact) mass is 287 g/mol. The maximum atomic E-state index is 10.9. The zero-order valence-electron chi connectivity index (χ0n) is 11.6. The number of ether oxygens (including phenoxy) is 2. The van der Waals surface area contributed by atoms with E-state index in [2.05, 4.69) is 15.2 Å². The van der Waals surface area contributed by atoms with Gasteiger partial charge in [0.05, 0.1) is 18.9 Å². The van der Waals surface area contributed by atoms with Crippen molar-refractivity contribution in [1.29, 1.82) is 0 Å². The Hall–Kier alpha value is -1.02. The van der Waals surface area contributed by atoms with Crippen molar-refractivity contribution in [3.8, 4) is 0 Å². The summed E-state index contributed by atoms with van der Waals surface area (Å²) >= 11 is 1.44. The fourth-order valence-electron chi connectivity index (χ4n) is 1.53. The first kappa shape index (κ1) is 16.0. The van der Waals surface area contributed by atoms with Crippen LogP contribution < -0.4 is 5.32 Å². The molecule has 1 aromatic rings. The van der Waals surface area contributed by atoms with E-state index in [0.717, 1.165) is 25.3 Å². The Morgan fingerprint density at radius 1 is 1.37 bits per heavy atom. The minimum absolute atomic E-state index is 0.100. The molecule has 0 atom stereocenters. The van der Waals surface area contributed by atoms with E-state index in [-0.39, 0.29) is 5.91 Å². The molecule has 1 N–H and O–H groups in total. The molecule has 1 heterocycles. The Bertz CT molecular complexity index is 376. The summed E-state index contributed by atoms with van der Waals surface area (Å²) < 4.78 is 10.2. The fraction of sp³-hybridized carbons (Fsp3) is 0.667. The predicted molar refractivity (Wildman–Crippen MR) is 75.4 cm³/mol. The lowest BCUT2D eigenvalue weighted by Gasteiger charge is -2.20. The van der Waals surface area contributed by atoms with Crippen LogP contribution in [0.15, 0.2) is 5.38 Å². The van der Waals surface area contributed by atoms with Crippen LogP contribution in [-0.2, 0) is 20.8 Å². The van der Waals surface area contributed by atoms with Gasteiger partial charge in [-0.15, -0.1) is 11.3 Å². The van der Waals surface area contributed by atoms with Crippen molar-refractivity contribution in [2.45, 2.75) is 13.5 Å². The zero-order chi connectivity index (χ0) is 14.1. The van der Waals surface area contributed by atoms with Crippen molar-refractivity contribution in [2.24, 2.45) is 0 Å². The minimum Gasteiger partial charge on any atom is -0.383 e. The molecule has 6 nitrogen and oxygen atoms in total. The predicted octanol–water partition coefficient (Wildman–Crippen LogP) is 1.20. The lowest BCUT2D eigenvalue weighted by Crippen LogP contribution is -2.30. The Balaban J connectivity index is 2.51. The first-order chi connectivity index (χ1) is 9.15. The van der Waals surface area contributed by atoms with Gasteiger partial charge in [-0.05, 0) is 0 Å². The van der Waals surface area contributed by atoms with E-state index < -0.39 is 0 Å². The van der Waals surface area contributed by atoms with Crippen molar-refractivity contribution >= 4 is 22.4 Å². The summed E-state index contributed by atoms with van der Waals surface area (Å²) in [4.78, 5) is 17.5. The van der Waals surface area contributed by atoms with E-state index in [1.54, 1.807) is 14.2 Å². The maximum absolute atomic E-state index is 10.9. The van der Waals surface area contributed by atoms with Crippen molar-refractivity contribution < 1.29 is 14.3 Å². The number of carbonyl (C=O) groups is 1. The Labute approximate surface area is 117 Å². The van der Waals surface area contributed by atoms with Gasteiger partial charge >= 0.3 is 0 Å². The number of hydrogen-bond donors (Lipinski definition) is 1. The lowest BCUT2D eigenvalue weighted by molar-refractivity contribution is -0.114. The second-order valence-corrected chi connectivity index (χ2v) is 4.95. The molecule has 0 unspecified atom stereocenters. The van der Waals surface area contributed by atoms with Crippen molar-refractivity contribution in [3.05, 3.63) is 11.1 Å². The molecule has 1 rings (SSSR count). The van der Waals surface area contributed by atoms with Gasteiger partial charge in [0.25, 0.3) is 0 Å². The average molecular weight is 287 g/mol. The quantitative estimate of drug-likeness (QED) is 0.739. The third-order valence-corrected chi connectivity index (χ3v) is 3.25. The van der Waals surface area contributed by atoms with Crippen LogP contribution in [0.25, 0.3) is 0 Å². The van der Waals surface area contributed by atoms with Crippen molar-refractivity contribution in [1.82, 2.24) is 9.88 Å². The van der Waals surface area contributed by atoms with Gasteiger partial charge in [-0.1, -0.05) is 0 Å². The molecule has 0 saturated carbocycles. The van der Waals surface area contributed by atoms with Crippen LogP contribution in [0, 0.1) is 0 Å². The number of rotatable bonds is 9. The highest BCUT2D eigenvalue weighted by molar-refractivity contribution is 7.13. The van der Waals surface area contributed by atoms with Gasteiger partial charge in [0.2, 0.25) is 5.91 Å². The minimum atomic E-state index is -0.100. The van der Waals surface area contributed by atoms with Crippen molar-refractivity contribution in [3.63, 3.8) is 0 Å². The van der Waals surface area contributed by atoms with Crippen LogP contribution in [0.5, 0.6) is 0 Å². The molecule has 0 aliphatic rings. The Morgan fingerprint density at radius 3 is 2.53 bits per heavy atom. The van der Waals surface area contributed by atoms with E-state index in [9.17, 15) is 4.79 Å². The molecule has 0 spiro atoms. The van der Waals surface area contributed by atoms with Gasteiger partial charge in [0.1, 0.15) is 0 Å². The lowest BCUT2D eigenvalue weighted by atomic mass is 10.4. The molecule has 0 fully saturated rings. The standard InChI is InChI=1S/C12H21N3O3S/c1-10(16)13-12-14-11(9-19-12)8-15(4-6-17-2)5-7-18-3/h9H,4-8H2,1-3H3,(H,13,14,16). The summed E-state index contributed by atoms with van der Waals surface area (Å²) in [6, 6.07) is 0. The summed E-state index contributed by atoms with van der Waals surface area (Å²) in [5.74, 6) is -0.100. The normalized spacial score (nSPS) is 10.9. The first-order valence-corrected chi connectivity index (χ1v) is 6.96. The summed E-state index contributed by atoms with van der Waals surface area (Å²) in [5, 5.41) is 5.28. The van der Waals surface area contributed by atoms with Crippen LogP contribution in [0.4, 0.5) is 5.13 Å². The number of hydrogen-bond acceptors (Lipinski definition) is 6. The van der Waals surface area contributed by atoms with Crippen LogP contribution in [-0.4, -0.2) is 56.3 Å². The Kier molecular flexibility index (Phi) is 7.57. The second-order valence-electron chi connectivity index (χ2n) is 4.09. The van der Waals surface area contributed by atoms with Crippen molar-refractivity contribution in [2.75, 3.05) is 45.8 Å². The SMILES string of the molecule is COCCN(CCOC)Cc1csc(NC(C)=O)n1. The largest absolute Gasteiger partial charge is 0.383 e. The zero-order valence-corrected chi connectivity index (χ0v) is 12.5. The van der Waals surface area contributed by atoms with Gasteiger partial charge < -0.3 is 14.8 Å². The summed E-state index contributed by atoms with van der Waals surface area (Å²) in [7, 11) is 3.37. The molecule has 0 saturated heterocycles. The van der Waals surface area contributed by atoms with Gasteiger partial charge in [-0.3, -0.25) is 9.69 Å². The molecule has 1 amide bonds. The third-order valence-electron chi connectivity index (χ3n) is 2.44. The first-order valence-electron chi connectivity index (χ1n) is 6.08. The molecule has 7 heteroatoms. The fourth-order valence-corrected chi connectivity index (χ4v) is 2.27. The second kappa shape index (κ2) is 8.98. The van der Waals surface area contributed by atoms with Gasteiger partial charge in [-0.25, -0.2) is 4.98 Å². The number of carbonyl (C=O) groups excluding carboxylic acids is 1. The maximum Gasteiger partial charge on any atom is 0.223 e.